The number of anilines is 1. The molecule has 0 aliphatic carbocycles. The summed E-state index contributed by atoms with van der Waals surface area (Å²) >= 11 is 1.40. The summed E-state index contributed by atoms with van der Waals surface area (Å²) in [7, 11) is -3.64. The van der Waals surface area contributed by atoms with Gasteiger partial charge in [-0.05, 0) is 24.1 Å². The number of sulfonamides is 1. The molecule has 2 rings (SSSR count). The molecule has 0 saturated carbocycles. The van der Waals surface area contributed by atoms with E-state index in [4.69, 9.17) is 0 Å². The Balaban J connectivity index is 2.22. The third-order valence-electron chi connectivity index (χ3n) is 2.32. The highest BCUT2D eigenvalue weighted by Crippen LogP contribution is 2.23. The lowest BCUT2D eigenvalue weighted by Crippen LogP contribution is -2.18. The van der Waals surface area contributed by atoms with Crippen molar-refractivity contribution < 1.29 is 8.42 Å². The average molecular weight is 298 g/mol. The Hall–Kier alpha value is -1.51. The van der Waals surface area contributed by atoms with E-state index in [0.29, 0.717) is 6.54 Å². The van der Waals surface area contributed by atoms with Crippen molar-refractivity contribution in [1.29, 1.82) is 0 Å². The van der Waals surface area contributed by atoms with Crippen molar-refractivity contribution in [3.8, 4) is 0 Å². The summed E-state index contributed by atoms with van der Waals surface area (Å²) in [6.07, 6.45) is 2.97. The molecule has 0 aliphatic rings. The Kier molecular flexibility index (Phi) is 4.46. The zero-order valence-corrected chi connectivity index (χ0v) is 12.0. The Morgan fingerprint density at radius 1 is 1.32 bits per heavy atom. The molecular formula is C11H14N4O2S2. The normalized spacial score (nSPS) is 11.4. The maximum absolute atomic E-state index is 12.2. The van der Waals surface area contributed by atoms with E-state index < -0.39 is 10.0 Å². The molecule has 0 aromatic carbocycles. The van der Waals surface area contributed by atoms with Crippen molar-refractivity contribution in [3.63, 3.8) is 0 Å². The third-order valence-corrected chi connectivity index (χ3v) is 4.78. The molecule has 19 heavy (non-hydrogen) atoms. The van der Waals surface area contributed by atoms with Crippen molar-refractivity contribution in [2.45, 2.75) is 18.4 Å². The van der Waals surface area contributed by atoms with Crippen LogP contribution in [0, 0.1) is 0 Å². The fourth-order valence-electron chi connectivity index (χ4n) is 1.46. The molecule has 8 heteroatoms. The number of hydrogen-bond acceptors (Lipinski definition) is 6. The number of aromatic nitrogens is 2. The lowest BCUT2D eigenvalue weighted by atomic mass is 10.4. The molecule has 2 aromatic rings. The highest BCUT2D eigenvalue weighted by molar-refractivity contribution is 7.92. The van der Waals surface area contributed by atoms with Gasteiger partial charge in [0.15, 0.2) is 0 Å². The van der Waals surface area contributed by atoms with Crippen molar-refractivity contribution in [1.82, 2.24) is 15.3 Å². The first kappa shape index (κ1) is 13.9. The molecule has 6 nitrogen and oxygen atoms in total. The van der Waals surface area contributed by atoms with E-state index in [1.807, 2.05) is 6.92 Å². The van der Waals surface area contributed by atoms with Gasteiger partial charge in [0.25, 0.3) is 10.0 Å². The lowest BCUT2D eigenvalue weighted by Gasteiger charge is -2.07. The molecule has 0 spiro atoms. The number of thiophene rings is 1. The van der Waals surface area contributed by atoms with Crippen LogP contribution < -0.4 is 10.0 Å². The van der Waals surface area contributed by atoms with Gasteiger partial charge >= 0.3 is 0 Å². The number of nitrogens with zero attached hydrogens (tertiary/aromatic N) is 2. The topological polar surface area (TPSA) is 84.0 Å². The van der Waals surface area contributed by atoms with E-state index >= 15 is 0 Å². The predicted molar refractivity (Wildman–Crippen MR) is 74.5 cm³/mol. The summed E-state index contributed by atoms with van der Waals surface area (Å²) in [6, 6.07) is 3.21. The van der Waals surface area contributed by atoms with Gasteiger partial charge in [-0.15, -0.1) is 11.3 Å². The van der Waals surface area contributed by atoms with Crippen LogP contribution in [0.2, 0.25) is 0 Å². The van der Waals surface area contributed by atoms with Crippen LogP contribution in [0.25, 0.3) is 0 Å². The van der Waals surface area contributed by atoms with Crippen LogP contribution in [0.15, 0.2) is 34.8 Å². The summed E-state index contributed by atoms with van der Waals surface area (Å²) < 4.78 is 26.8. The van der Waals surface area contributed by atoms with Gasteiger partial charge in [-0.3, -0.25) is 0 Å². The molecule has 0 bridgehead atoms. The number of nitrogens with one attached hydrogen (secondary N) is 2. The van der Waals surface area contributed by atoms with E-state index in [-0.39, 0.29) is 10.8 Å². The van der Waals surface area contributed by atoms with Crippen LogP contribution in [0.1, 0.15) is 11.8 Å². The fraction of sp³-hybridized carbons (Fsp3) is 0.273. The molecule has 0 saturated heterocycles. The molecule has 0 aliphatic heterocycles. The number of hydrogen-bond donors (Lipinski definition) is 2. The Bertz CT molecular complexity index is 625. The second kappa shape index (κ2) is 6.09. The maximum atomic E-state index is 12.2. The zero-order valence-electron chi connectivity index (χ0n) is 10.3. The largest absolute Gasteiger partial charge is 0.312 e. The van der Waals surface area contributed by atoms with Crippen molar-refractivity contribution in [3.05, 3.63) is 34.8 Å². The van der Waals surface area contributed by atoms with E-state index in [0.717, 1.165) is 11.4 Å². The molecule has 102 valence electrons. The monoisotopic (exact) mass is 298 g/mol. The first-order valence-electron chi connectivity index (χ1n) is 5.70. The van der Waals surface area contributed by atoms with Gasteiger partial charge in [-0.1, -0.05) is 6.92 Å². The molecule has 0 fully saturated rings. The van der Waals surface area contributed by atoms with E-state index in [2.05, 4.69) is 20.0 Å². The minimum absolute atomic E-state index is 0.0723. The van der Waals surface area contributed by atoms with Gasteiger partial charge in [0, 0.05) is 23.8 Å². The molecule has 2 N–H and O–H groups in total. The molecule has 0 unspecified atom stereocenters. The maximum Gasteiger partial charge on any atom is 0.265 e. The highest BCUT2D eigenvalue weighted by atomic mass is 32.2. The van der Waals surface area contributed by atoms with Crippen LogP contribution in [-0.4, -0.2) is 24.9 Å². The summed E-state index contributed by atoms with van der Waals surface area (Å²) in [4.78, 5) is 8.74. The number of rotatable bonds is 6. The van der Waals surface area contributed by atoms with Crippen LogP contribution in [-0.2, 0) is 16.6 Å². The van der Waals surface area contributed by atoms with Crippen LogP contribution >= 0.6 is 11.3 Å². The molecule has 2 heterocycles. The molecule has 0 amide bonds. The van der Waals surface area contributed by atoms with Crippen LogP contribution in [0.3, 0.4) is 0 Å². The van der Waals surface area contributed by atoms with Crippen molar-refractivity contribution in [2.24, 2.45) is 0 Å². The Morgan fingerprint density at radius 3 is 2.74 bits per heavy atom. The summed E-state index contributed by atoms with van der Waals surface area (Å²) in [6.45, 7) is 3.28. The van der Waals surface area contributed by atoms with Gasteiger partial charge < -0.3 is 5.32 Å². The Morgan fingerprint density at radius 2 is 2.05 bits per heavy atom. The smallest absolute Gasteiger partial charge is 0.265 e. The second-order valence-electron chi connectivity index (χ2n) is 3.67. The predicted octanol–water partition coefficient (Wildman–Crippen LogP) is 1.45. The van der Waals surface area contributed by atoms with E-state index in [1.165, 1.54) is 23.7 Å². The molecule has 0 radical (unpaired) electrons. The Labute approximate surface area is 116 Å². The standard InChI is InChI=1S/C11H14N4O2S2/c1-2-12-8-9-10(4-7-18-9)19(16,17)15-11-13-5-3-6-14-11/h3-7,12H,2,8H2,1H3,(H,13,14,15). The average Bonchev–Trinajstić information content (AvgIpc) is 2.86. The lowest BCUT2D eigenvalue weighted by molar-refractivity contribution is 0.599. The summed E-state index contributed by atoms with van der Waals surface area (Å²) in [5, 5.41) is 4.87. The fourth-order valence-corrected chi connectivity index (χ4v) is 3.84. The van der Waals surface area contributed by atoms with Crippen molar-refractivity contribution >= 4 is 27.3 Å². The zero-order chi connectivity index (χ0) is 13.7. The first-order valence-corrected chi connectivity index (χ1v) is 8.06. The highest BCUT2D eigenvalue weighted by Gasteiger charge is 2.20. The third kappa shape index (κ3) is 3.49. The minimum Gasteiger partial charge on any atom is -0.312 e. The van der Waals surface area contributed by atoms with Gasteiger partial charge in [-0.25, -0.2) is 23.1 Å². The van der Waals surface area contributed by atoms with Gasteiger partial charge in [0.05, 0.1) is 0 Å². The first-order chi connectivity index (χ1) is 9.13. The van der Waals surface area contributed by atoms with E-state index in [9.17, 15) is 8.42 Å². The van der Waals surface area contributed by atoms with Gasteiger partial charge in [-0.2, -0.15) is 0 Å². The molecule has 0 atom stereocenters. The van der Waals surface area contributed by atoms with Crippen LogP contribution in [0.5, 0.6) is 0 Å². The molecular weight excluding hydrogens is 284 g/mol. The van der Waals surface area contributed by atoms with Gasteiger partial charge in [0.1, 0.15) is 4.90 Å². The molecule has 2 aromatic heterocycles. The quantitative estimate of drug-likeness (QED) is 0.843. The summed E-state index contributed by atoms with van der Waals surface area (Å²) in [5.74, 6) is 0.0723. The second-order valence-corrected chi connectivity index (χ2v) is 6.32. The van der Waals surface area contributed by atoms with Gasteiger partial charge in [0.2, 0.25) is 5.95 Å². The van der Waals surface area contributed by atoms with Crippen molar-refractivity contribution in [2.75, 3.05) is 11.3 Å². The summed E-state index contributed by atoms with van der Waals surface area (Å²) in [5.41, 5.74) is 0. The SMILES string of the molecule is CCNCc1sccc1S(=O)(=O)Nc1ncccn1. The minimum atomic E-state index is -3.64. The van der Waals surface area contributed by atoms with Crippen LogP contribution in [0.4, 0.5) is 5.95 Å². The van der Waals surface area contributed by atoms with E-state index in [1.54, 1.807) is 17.5 Å².